The van der Waals surface area contributed by atoms with Gasteiger partial charge >= 0.3 is 0 Å². The van der Waals surface area contributed by atoms with Crippen LogP contribution in [0.2, 0.25) is 0 Å². The highest BCUT2D eigenvalue weighted by Crippen LogP contribution is 2.36. The van der Waals surface area contributed by atoms with E-state index < -0.39 is 0 Å². The van der Waals surface area contributed by atoms with Crippen molar-refractivity contribution in [1.29, 1.82) is 0 Å². The molecule has 1 aromatic rings. The van der Waals surface area contributed by atoms with Crippen LogP contribution in [-0.2, 0) is 6.42 Å². The van der Waals surface area contributed by atoms with E-state index in [2.05, 4.69) is 18.4 Å². The van der Waals surface area contributed by atoms with E-state index in [1.54, 1.807) is 10.4 Å². The largest absolute Gasteiger partial charge is 0.327 e. The average Bonchev–Trinajstić information content (AvgIpc) is 2.63. The second-order valence-electron chi connectivity index (χ2n) is 3.87. The molecule has 1 heterocycles. The first kappa shape index (κ1) is 9.22. The van der Waals surface area contributed by atoms with Gasteiger partial charge in [-0.15, -0.1) is 11.3 Å². The quantitative estimate of drug-likeness (QED) is 0.771. The second-order valence-corrected chi connectivity index (χ2v) is 4.87. The molecule has 0 aromatic carbocycles. The third-order valence-electron chi connectivity index (χ3n) is 3.09. The molecule has 0 saturated heterocycles. The Morgan fingerprint density at radius 1 is 1.69 bits per heavy atom. The Labute approximate surface area is 84.0 Å². The van der Waals surface area contributed by atoms with Gasteiger partial charge in [0, 0.05) is 16.8 Å². The monoisotopic (exact) mass is 195 g/mol. The van der Waals surface area contributed by atoms with Gasteiger partial charge in [-0.25, -0.2) is 0 Å². The SMILES string of the molecule is CCC(N)C1CCCc2sccc21. The molecular formula is C11H17NS. The van der Waals surface area contributed by atoms with Crippen molar-refractivity contribution in [3.63, 3.8) is 0 Å². The van der Waals surface area contributed by atoms with Crippen LogP contribution in [0.4, 0.5) is 0 Å². The molecule has 2 atom stereocenters. The molecule has 1 aliphatic carbocycles. The van der Waals surface area contributed by atoms with Crippen LogP contribution in [0.25, 0.3) is 0 Å². The van der Waals surface area contributed by atoms with Crippen molar-refractivity contribution >= 4 is 11.3 Å². The number of fused-ring (bicyclic) bond motifs is 1. The van der Waals surface area contributed by atoms with Crippen molar-refractivity contribution in [3.05, 3.63) is 21.9 Å². The molecule has 0 saturated carbocycles. The van der Waals surface area contributed by atoms with Crippen LogP contribution in [0.15, 0.2) is 11.4 Å². The number of thiophene rings is 1. The molecule has 0 amide bonds. The summed E-state index contributed by atoms with van der Waals surface area (Å²) in [5, 5.41) is 2.21. The topological polar surface area (TPSA) is 26.0 Å². The van der Waals surface area contributed by atoms with E-state index in [4.69, 9.17) is 5.73 Å². The van der Waals surface area contributed by atoms with Crippen LogP contribution in [0.5, 0.6) is 0 Å². The highest BCUT2D eigenvalue weighted by molar-refractivity contribution is 7.10. The Balaban J connectivity index is 2.24. The summed E-state index contributed by atoms with van der Waals surface area (Å²) in [5.74, 6) is 0.639. The van der Waals surface area contributed by atoms with Gasteiger partial charge in [-0.3, -0.25) is 0 Å². The summed E-state index contributed by atoms with van der Waals surface area (Å²) in [6.07, 6.45) is 4.99. The molecular weight excluding hydrogens is 178 g/mol. The van der Waals surface area contributed by atoms with E-state index in [0.29, 0.717) is 12.0 Å². The Morgan fingerprint density at radius 3 is 3.31 bits per heavy atom. The van der Waals surface area contributed by atoms with Crippen molar-refractivity contribution in [1.82, 2.24) is 0 Å². The summed E-state index contributed by atoms with van der Waals surface area (Å²) in [6.45, 7) is 2.19. The zero-order valence-electron chi connectivity index (χ0n) is 8.12. The molecule has 0 bridgehead atoms. The van der Waals surface area contributed by atoms with Crippen molar-refractivity contribution in [2.45, 2.75) is 44.6 Å². The standard InChI is InChI=1S/C11H17NS/c1-2-10(12)8-4-3-5-11-9(8)6-7-13-11/h6-8,10H,2-5,12H2,1H3. The van der Waals surface area contributed by atoms with Gasteiger partial charge in [0.15, 0.2) is 0 Å². The van der Waals surface area contributed by atoms with E-state index in [1.807, 2.05) is 11.3 Å². The highest BCUT2D eigenvalue weighted by Gasteiger charge is 2.25. The van der Waals surface area contributed by atoms with E-state index in [9.17, 15) is 0 Å². The lowest BCUT2D eigenvalue weighted by Gasteiger charge is -2.27. The van der Waals surface area contributed by atoms with Gasteiger partial charge in [0.25, 0.3) is 0 Å². The molecule has 2 N–H and O–H groups in total. The molecule has 1 aliphatic rings. The summed E-state index contributed by atoms with van der Waals surface area (Å²) in [6, 6.07) is 2.65. The first-order valence-electron chi connectivity index (χ1n) is 5.14. The third-order valence-corrected chi connectivity index (χ3v) is 4.08. The fourth-order valence-electron chi connectivity index (χ4n) is 2.25. The molecule has 2 heteroatoms. The maximum absolute atomic E-state index is 6.13. The predicted octanol–water partition coefficient (Wildman–Crippen LogP) is 2.91. The van der Waals surface area contributed by atoms with Crippen molar-refractivity contribution in [3.8, 4) is 0 Å². The van der Waals surface area contributed by atoms with Crippen molar-refractivity contribution < 1.29 is 0 Å². The lowest BCUT2D eigenvalue weighted by atomic mass is 9.82. The molecule has 0 fully saturated rings. The maximum Gasteiger partial charge on any atom is 0.0106 e. The average molecular weight is 195 g/mol. The van der Waals surface area contributed by atoms with Gasteiger partial charge in [0.1, 0.15) is 0 Å². The minimum Gasteiger partial charge on any atom is -0.327 e. The van der Waals surface area contributed by atoms with Gasteiger partial charge in [0.2, 0.25) is 0 Å². The van der Waals surface area contributed by atoms with Gasteiger partial charge in [0.05, 0.1) is 0 Å². The highest BCUT2D eigenvalue weighted by atomic mass is 32.1. The molecule has 1 nitrogen and oxygen atoms in total. The summed E-state index contributed by atoms with van der Waals surface area (Å²) < 4.78 is 0. The Kier molecular flexibility index (Phi) is 2.70. The Hall–Kier alpha value is -0.340. The maximum atomic E-state index is 6.13. The number of hydrogen-bond donors (Lipinski definition) is 1. The fraction of sp³-hybridized carbons (Fsp3) is 0.636. The molecule has 2 rings (SSSR count). The normalized spacial score (nSPS) is 24.0. The zero-order valence-corrected chi connectivity index (χ0v) is 8.94. The number of aryl methyl sites for hydroxylation is 1. The Bertz CT molecular complexity index is 279. The second kappa shape index (κ2) is 3.81. The van der Waals surface area contributed by atoms with Gasteiger partial charge < -0.3 is 5.73 Å². The predicted molar refractivity (Wildman–Crippen MR) is 58.3 cm³/mol. The lowest BCUT2D eigenvalue weighted by Crippen LogP contribution is -2.29. The minimum absolute atomic E-state index is 0.369. The van der Waals surface area contributed by atoms with E-state index >= 15 is 0 Å². The summed E-state index contributed by atoms with van der Waals surface area (Å²) in [4.78, 5) is 1.58. The Morgan fingerprint density at radius 2 is 2.54 bits per heavy atom. The number of nitrogens with two attached hydrogens (primary N) is 1. The molecule has 72 valence electrons. The fourth-order valence-corrected chi connectivity index (χ4v) is 3.25. The van der Waals surface area contributed by atoms with Crippen LogP contribution in [0, 0.1) is 0 Å². The van der Waals surface area contributed by atoms with Crippen LogP contribution >= 0.6 is 11.3 Å². The van der Waals surface area contributed by atoms with Crippen LogP contribution in [-0.4, -0.2) is 6.04 Å². The van der Waals surface area contributed by atoms with Crippen molar-refractivity contribution in [2.75, 3.05) is 0 Å². The van der Waals surface area contributed by atoms with Crippen LogP contribution in [0.3, 0.4) is 0 Å². The van der Waals surface area contributed by atoms with Crippen molar-refractivity contribution in [2.24, 2.45) is 5.73 Å². The minimum atomic E-state index is 0.369. The number of hydrogen-bond acceptors (Lipinski definition) is 2. The van der Waals surface area contributed by atoms with E-state index in [1.165, 1.54) is 19.3 Å². The molecule has 13 heavy (non-hydrogen) atoms. The van der Waals surface area contributed by atoms with Gasteiger partial charge in [-0.2, -0.15) is 0 Å². The molecule has 2 unspecified atom stereocenters. The van der Waals surface area contributed by atoms with E-state index in [0.717, 1.165) is 6.42 Å². The lowest BCUT2D eigenvalue weighted by molar-refractivity contribution is 0.457. The van der Waals surface area contributed by atoms with Gasteiger partial charge in [-0.1, -0.05) is 6.92 Å². The smallest absolute Gasteiger partial charge is 0.0106 e. The summed E-state index contributed by atoms with van der Waals surface area (Å²) in [5.41, 5.74) is 7.67. The summed E-state index contributed by atoms with van der Waals surface area (Å²) in [7, 11) is 0. The first-order chi connectivity index (χ1) is 6.33. The molecule has 0 spiro atoms. The molecule has 1 aromatic heterocycles. The molecule has 0 radical (unpaired) electrons. The van der Waals surface area contributed by atoms with Crippen LogP contribution < -0.4 is 5.73 Å². The molecule has 0 aliphatic heterocycles. The van der Waals surface area contributed by atoms with Gasteiger partial charge in [-0.05, 0) is 42.7 Å². The number of rotatable bonds is 2. The third kappa shape index (κ3) is 1.65. The van der Waals surface area contributed by atoms with E-state index in [-0.39, 0.29) is 0 Å². The van der Waals surface area contributed by atoms with Crippen LogP contribution in [0.1, 0.15) is 42.5 Å². The zero-order chi connectivity index (χ0) is 9.26. The summed E-state index contributed by atoms with van der Waals surface area (Å²) >= 11 is 1.90. The first-order valence-corrected chi connectivity index (χ1v) is 6.02.